The van der Waals surface area contributed by atoms with Gasteiger partial charge in [-0.15, -0.1) is 0 Å². The summed E-state index contributed by atoms with van der Waals surface area (Å²) in [5.41, 5.74) is 0. The van der Waals surface area contributed by atoms with Crippen molar-refractivity contribution in [1.29, 1.82) is 0 Å². The van der Waals surface area contributed by atoms with Gasteiger partial charge >= 0.3 is 0 Å². The van der Waals surface area contributed by atoms with Gasteiger partial charge in [-0.2, -0.15) is 0 Å². The number of hydrogen-bond acceptors (Lipinski definition) is 0. The molecule has 0 fully saturated rings. The van der Waals surface area contributed by atoms with E-state index >= 15 is 0 Å². The maximum atomic E-state index is 2.27. The number of nitrogens with zero attached hydrogens (tertiary/aromatic N) is 1. The largest absolute Gasteiger partial charge is 0.325 e. The molecule has 0 radical (unpaired) electrons. The molecule has 0 aromatic carbocycles. The Hall–Kier alpha value is -0.300. The van der Waals surface area contributed by atoms with Crippen molar-refractivity contribution in [3.8, 4) is 0 Å². The zero-order chi connectivity index (χ0) is 8.04. The Bertz CT molecular complexity index is 103. The summed E-state index contributed by atoms with van der Waals surface area (Å²) in [5.74, 6) is 0. The van der Waals surface area contributed by atoms with Crippen LogP contribution in [0.4, 0.5) is 0 Å². The molecule has 0 unspecified atom stereocenters. The number of likely N-dealkylation sites (N-methyl/N-ethyl adjacent to an activating group) is 1. The highest BCUT2D eigenvalue weighted by molar-refractivity contribution is 4.84. The molecule has 0 spiro atoms. The molecule has 1 aliphatic rings. The maximum absolute atomic E-state index is 2.27. The van der Waals surface area contributed by atoms with Crippen LogP contribution in [0.5, 0.6) is 0 Å². The Morgan fingerprint density at radius 1 is 1.10 bits per heavy atom. The summed E-state index contributed by atoms with van der Waals surface area (Å²) in [6, 6.07) is 0. The molecule has 0 N–H and O–H groups in total. The van der Waals surface area contributed by atoms with Gasteiger partial charge in [-0.3, -0.25) is 0 Å². The van der Waals surface area contributed by atoms with E-state index in [4.69, 9.17) is 0 Å². The van der Waals surface area contributed by atoms with Gasteiger partial charge in [0.1, 0.15) is 0 Å². The van der Waals surface area contributed by atoms with Crippen LogP contribution in [0.2, 0.25) is 0 Å². The van der Waals surface area contributed by atoms with E-state index < -0.39 is 0 Å². The maximum Gasteiger partial charge on any atom is 0.0969 e. The lowest BCUT2D eigenvalue weighted by Crippen LogP contribution is -2.41. The third-order valence-corrected chi connectivity index (χ3v) is 1.67. The van der Waals surface area contributed by atoms with Crippen LogP contribution in [0.25, 0.3) is 0 Å². The molecule has 10 heavy (non-hydrogen) atoms. The predicted molar refractivity (Wildman–Crippen MR) is 46.9 cm³/mol. The van der Waals surface area contributed by atoms with Crippen LogP contribution in [0, 0.1) is 0 Å². The van der Waals surface area contributed by atoms with E-state index in [2.05, 4.69) is 26.2 Å². The zero-order valence-corrected chi connectivity index (χ0v) is 7.72. The molecule has 1 aliphatic heterocycles. The average molecular weight is 142 g/mol. The van der Waals surface area contributed by atoms with Gasteiger partial charge in [-0.1, -0.05) is 19.9 Å². The second-order valence-electron chi connectivity index (χ2n) is 3.10. The van der Waals surface area contributed by atoms with Gasteiger partial charge in [-0.05, 0) is 6.08 Å². The van der Waals surface area contributed by atoms with E-state index in [1.807, 2.05) is 13.8 Å². The smallest absolute Gasteiger partial charge is 0.0969 e. The van der Waals surface area contributed by atoms with Crippen LogP contribution < -0.4 is 0 Å². The third-order valence-electron chi connectivity index (χ3n) is 1.67. The zero-order valence-electron chi connectivity index (χ0n) is 7.72. The van der Waals surface area contributed by atoms with Gasteiger partial charge in [-0.25, -0.2) is 0 Å². The second kappa shape index (κ2) is 4.51. The normalized spacial score (nSPS) is 21.2. The predicted octanol–water partition coefficient (Wildman–Crippen LogP) is 2.05. The van der Waals surface area contributed by atoms with Crippen LogP contribution in [-0.2, 0) is 0 Å². The van der Waals surface area contributed by atoms with Gasteiger partial charge in [0.25, 0.3) is 0 Å². The Morgan fingerprint density at radius 2 is 1.70 bits per heavy atom. The molecule has 0 aliphatic carbocycles. The first-order valence-corrected chi connectivity index (χ1v) is 4.18. The van der Waals surface area contributed by atoms with Gasteiger partial charge in [0.15, 0.2) is 0 Å². The first kappa shape index (κ1) is 9.70. The Labute approximate surface area is 64.9 Å². The minimum Gasteiger partial charge on any atom is -0.325 e. The standard InChI is InChI=1S/C7H14N.C2H6/c1-8(2)6-4-3-5-7-8;1-2/h3-4H,5-7H2,1-2H3;1-2H3/q+1;. The molecule has 1 heterocycles. The summed E-state index contributed by atoms with van der Waals surface area (Å²) >= 11 is 0. The molecule has 0 atom stereocenters. The van der Waals surface area contributed by atoms with Crippen LogP contribution in [-0.4, -0.2) is 31.7 Å². The molecule has 0 aromatic heterocycles. The first-order chi connectivity index (χ1) is 4.71. The topological polar surface area (TPSA) is 0 Å². The molecule has 0 bridgehead atoms. The van der Waals surface area contributed by atoms with Crippen molar-refractivity contribution < 1.29 is 4.48 Å². The lowest BCUT2D eigenvalue weighted by Gasteiger charge is -2.30. The van der Waals surface area contributed by atoms with E-state index in [-0.39, 0.29) is 0 Å². The Kier molecular flexibility index (Phi) is 4.37. The van der Waals surface area contributed by atoms with Crippen molar-refractivity contribution in [3.63, 3.8) is 0 Å². The summed E-state index contributed by atoms with van der Waals surface area (Å²) in [4.78, 5) is 0. The number of rotatable bonds is 0. The van der Waals surface area contributed by atoms with Crippen LogP contribution in [0.3, 0.4) is 0 Å². The Morgan fingerprint density at radius 3 is 1.90 bits per heavy atom. The van der Waals surface area contributed by atoms with Gasteiger partial charge < -0.3 is 4.48 Å². The van der Waals surface area contributed by atoms with E-state index in [1.165, 1.54) is 19.5 Å². The summed E-state index contributed by atoms with van der Waals surface area (Å²) < 4.78 is 1.16. The molecule has 0 aromatic rings. The third kappa shape index (κ3) is 3.67. The highest BCUT2D eigenvalue weighted by Gasteiger charge is 2.13. The van der Waals surface area contributed by atoms with Gasteiger partial charge in [0, 0.05) is 6.42 Å². The van der Waals surface area contributed by atoms with Crippen molar-refractivity contribution in [2.24, 2.45) is 0 Å². The van der Waals surface area contributed by atoms with E-state index in [0.717, 1.165) is 4.48 Å². The minimum atomic E-state index is 1.16. The molecule has 1 heteroatoms. The fourth-order valence-electron chi connectivity index (χ4n) is 0.993. The molecule has 60 valence electrons. The van der Waals surface area contributed by atoms with Crippen LogP contribution >= 0.6 is 0 Å². The lowest BCUT2D eigenvalue weighted by molar-refractivity contribution is -0.885. The van der Waals surface area contributed by atoms with E-state index in [9.17, 15) is 0 Å². The van der Waals surface area contributed by atoms with Crippen molar-refractivity contribution in [2.45, 2.75) is 20.3 Å². The van der Waals surface area contributed by atoms with Crippen molar-refractivity contribution in [3.05, 3.63) is 12.2 Å². The fraction of sp³-hybridized carbons (Fsp3) is 0.778. The van der Waals surface area contributed by atoms with Gasteiger partial charge in [0.05, 0.1) is 27.2 Å². The summed E-state index contributed by atoms with van der Waals surface area (Å²) in [7, 11) is 4.53. The van der Waals surface area contributed by atoms with E-state index in [0.29, 0.717) is 0 Å². The van der Waals surface area contributed by atoms with Crippen LogP contribution in [0.15, 0.2) is 12.2 Å². The molecule has 0 saturated carbocycles. The summed E-state index contributed by atoms with van der Waals surface area (Å²) in [6.45, 7) is 6.51. The highest BCUT2D eigenvalue weighted by atomic mass is 15.3. The fourth-order valence-corrected chi connectivity index (χ4v) is 0.993. The average Bonchev–Trinajstić information content (AvgIpc) is 1.92. The number of hydrogen-bond donors (Lipinski definition) is 0. The molecular weight excluding hydrogens is 122 g/mol. The van der Waals surface area contributed by atoms with Gasteiger partial charge in [0.2, 0.25) is 0 Å². The minimum absolute atomic E-state index is 1.16. The number of quaternary nitrogens is 1. The molecule has 1 rings (SSSR count). The highest BCUT2D eigenvalue weighted by Crippen LogP contribution is 2.05. The molecule has 0 amide bonds. The quantitative estimate of drug-likeness (QED) is 0.359. The summed E-state index contributed by atoms with van der Waals surface area (Å²) in [6.07, 6.45) is 5.79. The van der Waals surface area contributed by atoms with Crippen molar-refractivity contribution >= 4 is 0 Å². The van der Waals surface area contributed by atoms with Crippen molar-refractivity contribution in [1.82, 2.24) is 0 Å². The van der Waals surface area contributed by atoms with E-state index in [1.54, 1.807) is 0 Å². The lowest BCUT2D eigenvalue weighted by atomic mass is 10.2. The second-order valence-corrected chi connectivity index (χ2v) is 3.10. The van der Waals surface area contributed by atoms with Crippen LogP contribution in [0.1, 0.15) is 20.3 Å². The first-order valence-electron chi connectivity index (χ1n) is 4.18. The monoisotopic (exact) mass is 142 g/mol. The molecule has 0 saturated heterocycles. The SMILES string of the molecule is CC.C[N+]1(C)CC=CCC1. The summed E-state index contributed by atoms with van der Waals surface area (Å²) in [5, 5.41) is 0. The van der Waals surface area contributed by atoms with Crippen molar-refractivity contribution in [2.75, 3.05) is 27.2 Å². The Balaban J connectivity index is 0.000000371. The molecular formula is C9H20N+. The molecule has 1 nitrogen and oxygen atoms in total.